The van der Waals surface area contributed by atoms with Crippen LogP contribution in [0.5, 0.6) is 0 Å². The van der Waals surface area contributed by atoms with E-state index in [9.17, 15) is 0 Å². The number of benzene rings is 10. The Kier molecular flexibility index (Phi) is 6.25. The molecule has 0 fully saturated rings. The Balaban J connectivity index is 1.18. The summed E-state index contributed by atoms with van der Waals surface area (Å²) in [6.07, 6.45) is 0. The average molecular weight is 757 g/mol. The molecule has 0 unspecified atom stereocenters. The Bertz CT molecular complexity index is 3150. The molecule has 0 saturated heterocycles. The van der Waals surface area contributed by atoms with Crippen molar-refractivity contribution in [2.45, 2.75) is 10.8 Å². The molecule has 0 heterocycles. The lowest BCUT2D eigenvalue weighted by Crippen LogP contribution is -2.35. The zero-order chi connectivity index (χ0) is 39.2. The summed E-state index contributed by atoms with van der Waals surface area (Å²) in [5, 5.41) is 2.74. The van der Waals surface area contributed by atoms with Gasteiger partial charge in [-0.1, -0.05) is 206 Å². The first kappa shape index (κ1) is 32.4. The van der Waals surface area contributed by atoms with Gasteiger partial charge in [0.1, 0.15) is 0 Å². The van der Waals surface area contributed by atoms with Crippen molar-refractivity contribution in [1.82, 2.24) is 0 Å². The summed E-state index contributed by atoms with van der Waals surface area (Å²) >= 11 is 0. The van der Waals surface area contributed by atoms with Crippen LogP contribution in [0.4, 0.5) is 0 Å². The Morgan fingerprint density at radius 1 is 0.183 bits per heavy atom. The van der Waals surface area contributed by atoms with Gasteiger partial charge in [0.25, 0.3) is 0 Å². The quantitative estimate of drug-likeness (QED) is 0.165. The Hall–Kier alpha value is -7.54. The maximum absolute atomic E-state index is 2.54. The van der Waals surface area contributed by atoms with E-state index in [-0.39, 0.29) is 0 Å². The smallest absolute Gasteiger partial charge is 0.0622 e. The highest BCUT2D eigenvalue weighted by Crippen LogP contribution is 2.67. The first-order valence-electron chi connectivity index (χ1n) is 21.2. The summed E-state index contributed by atoms with van der Waals surface area (Å²) in [4.78, 5) is 0. The second-order valence-corrected chi connectivity index (χ2v) is 17.0. The molecule has 4 aliphatic carbocycles. The van der Waals surface area contributed by atoms with Crippen LogP contribution in [0.25, 0.3) is 77.5 Å². The highest BCUT2D eigenvalue weighted by molar-refractivity contribution is 6.16. The topological polar surface area (TPSA) is 0 Å². The second-order valence-electron chi connectivity index (χ2n) is 17.0. The number of rotatable bonds is 2. The minimum Gasteiger partial charge on any atom is -0.0622 e. The van der Waals surface area contributed by atoms with Crippen molar-refractivity contribution in [2.24, 2.45) is 0 Å². The van der Waals surface area contributed by atoms with E-state index < -0.39 is 10.8 Å². The minimum absolute atomic E-state index is 0.520. The maximum atomic E-state index is 2.54. The molecule has 0 heteroatoms. The summed E-state index contributed by atoms with van der Waals surface area (Å²) in [5.41, 5.74) is 25.3. The van der Waals surface area contributed by atoms with Gasteiger partial charge in [-0.05, 0) is 134 Å². The zero-order valence-electron chi connectivity index (χ0n) is 32.8. The van der Waals surface area contributed by atoms with Crippen LogP contribution in [-0.2, 0) is 10.8 Å². The van der Waals surface area contributed by atoms with Crippen LogP contribution in [0.3, 0.4) is 0 Å². The molecule has 4 aliphatic rings. The van der Waals surface area contributed by atoms with Gasteiger partial charge in [0.15, 0.2) is 0 Å². The third kappa shape index (κ3) is 3.79. The molecule has 10 aromatic carbocycles. The van der Waals surface area contributed by atoms with Crippen LogP contribution in [0.15, 0.2) is 218 Å². The van der Waals surface area contributed by atoms with E-state index >= 15 is 0 Å². The molecule has 2 spiro atoms. The molecule has 0 N–H and O–H groups in total. The van der Waals surface area contributed by atoms with E-state index in [1.165, 1.54) is 122 Å². The van der Waals surface area contributed by atoms with Gasteiger partial charge in [-0.15, -0.1) is 0 Å². The maximum Gasteiger partial charge on any atom is 0.0725 e. The first-order valence-corrected chi connectivity index (χ1v) is 21.2. The van der Waals surface area contributed by atoms with Crippen LogP contribution in [-0.4, -0.2) is 0 Å². The molecular formula is C60H36. The molecule has 0 nitrogen and oxygen atoms in total. The molecule has 0 radical (unpaired) electrons. The van der Waals surface area contributed by atoms with Gasteiger partial charge in [-0.3, -0.25) is 0 Å². The van der Waals surface area contributed by atoms with E-state index in [1.54, 1.807) is 0 Å². The van der Waals surface area contributed by atoms with Crippen molar-refractivity contribution in [2.75, 3.05) is 0 Å². The lowest BCUT2D eigenvalue weighted by molar-refractivity contribution is 0.758. The third-order valence-corrected chi connectivity index (χ3v) is 14.5. The summed E-state index contributed by atoms with van der Waals surface area (Å²) in [6.45, 7) is 0. The normalized spacial score (nSPS) is 14.6. The van der Waals surface area contributed by atoms with Crippen LogP contribution < -0.4 is 0 Å². The van der Waals surface area contributed by atoms with Crippen LogP contribution in [0.2, 0.25) is 0 Å². The molecule has 0 aliphatic heterocycles. The van der Waals surface area contributed by atoms with E-state index in [2.05, 4.69) is 218 Å². The zero-order valence-corrected chi connectivity index (χ0v) is 32.8. The van der Waals surface area contributed by atoms with Crippen LogP contribution in [0, 0.1) is 0 Å². The lowest BCUT2D eigenvalue weighted by Gasteiger charge is -2.44. The molecule has 0 atom stereocenters. The van der Waals surface area contributed by atoms with Gasteiger partial charge in [0, 0.05) is 0 Å². The van der Waals surface area contributed by atoms with Crippen LogP contribution in [0.1, 0.15) is 44.5 Å². The molecule has 0 aromatic heterocycles. The molecule has 0 saturated carbocycles. The predicted octanol–water partition coefficient (Wildman–Crippen LogP) is 14.9. The van der Waals surface area contributed by atoms with Crippen molar-refractivity contribution < 1.29 is 0 Å². The highest BCUT2D eigenvalue weighted by Gasteiger charge is 2.54. The summed E-state index contributed by atoms with van der Waals surface area (Å²) in [7, 11) is 0. The van der Waals surface area contributed by atoms with Gasteiger partial charge >= 0.3 is 0 Å². The number of hydrogen-bond donors (Lipinski definition) is 0. The fourth-order valence-electron chi connectivity index (χ4n) is 12.3. The molecule has 14 rings (SSSR count). The van der Waals surface area contributed by atoms with Gasteiger partial charge in [0.05, 0.1) is 10.8 Å². The molecular weight excluding hydrogens is 721 g/mol. The summed E-state index contributed by atoms with van der Waals surface area (Å²) < 4.78 is 0. The Morgan fingerprint density at radius 2 is 0.483 bits per heavy atom. The fraction of sp³-hybridized carbons (Fsp3) is 0.0333. The van der Waals surface area contributed by atoms with Crippen LogP contribution >= 0.6 is 0 Å². The second kappa shape index (κ2) is 11.6. The Morgan fingerprint density at radius 3 is 0.850 bits per heavy atom. The molecule has 10 aromatic rings. The predicted molar refractivity (Wildman–Crippen MR) is 247 cm³/mol. The minimum atomic E-state index is -0.520. The van der Waals surface area contributed by atoms with Crippen molar-refractivity contribution in [1.29, 1.82) is 0 Å². The third-order valence-electron chi connectivity index (χ3n) is 14.5. The molecule has 0 amide bonds. The fourth-order valence-corrected chi connectivity index (χ4v) is 12.3. The molecule has 276 valence electrons. The van der Waals surface area contributed by atoms with E-state index in [0.717, 1.165) is 0 Å². The summed E-state index contributed by atoms with van der Waals surface area (Å²) in [5.74, 6) is 0. The summed E-state index contributed by atoms with van der Waals surface area (Å²) in [6, 6.07) is 83.1. The van der Waals surface area contributed by atoms with E-state index in [4.69, 9.17) is 0 Å². The van der Waals surface area contributed by atoms with Crippen molar-refractivity contribution in [3.8, 4) is 66.8 Å². The monoisotopic (exact) mass is 756 g/mol. The van der Waals surface area contributed by atoms with Crippen molar-refractivity contribution >= 4 is 10.8 Å². The molecule has 0 bridgehead atoms. The largest absolute Gasteiger partial charge is 0.0725 e. The molecule has 60 heavy (non-hydrogen) atoms. The van der Waals surface area contributed by atoms with Gasteiger partial charge in [0.2, 0.25) is 0 Å². The van der Waals surface area contributed by atoms with E-state index in [1.807, 2.05) is 0 Å². The van der Waals surface area contributed by atoms with Gasteiger partial charge in [-0.25, -0.2) is 0 Å². The lowest BCUT2D eigenvalue weighted by atomic mass is 9.57. The first-order chi connectivity index (χ1) is 29.8. The highest BCUT2D eigenvalue weighted by atomic mass is 14.5. The van der Waals surface area contributed by atoms with Gasteiger partial charge < -0.3 is 0 Å². The van der Waals surface area contributed by atoms with Gasteiger partial charge in [-0.2, -0.15) is 0 Å². The number of fused-ring (bicyclic) bond motifs is 18. The number of hydrogen-bond acceptors (Lipinski definition) is 0. The van der Waals surface area contributed by atoms with Crippen molar-refractivity contribution in [3.05, 3.63) is 263 Å². The standard InChI is InChI=1S/C60H36/c1-3-15-37(16-4-1)39-27-29-45-47-31-32-48-46-30-28-40(38-17-5-2-6-18-38)36-56(46)60(51-25-13-9-21-43(51)44-22-10-14-26-52(44)60)54-34-33-53(57(47)58(48)54)59(55(45)35-39)49-23-11-7-19-41(49)42-20-8-12-24-50(42)59/h1-36H. The Labute approximate surface area is 349 Å². The van der Waals surface area contributed by atoms with E-state index in [0.29, 0.717) is 0 Å². The van der Waals surface area contributed by atoms with Crippen molar-refractivity contribution in [3.63, 3.8) is 0 Å². The average Bonchev–Trinajstić information content (AvgIpc) is 3.79. The SMILES string of the molecule is c1ccc(-c2ccc3c(c2)C2(c4ccccc4-c4ccccc42)c2ccc4c5c(ccc-3c25)-c2ccc(-c3ccccc3)cc2C42c3ccccc3-c3ccccc32)cc1.